The first-order valence-corrected chi connectivity index (χ1v) is 10.2. The largest absolute Gasteiger partial charge is 0.462 e. The zero-order valence-corrected chi connectivity index (χ0v) is 16.0. The van der Waals surface area contributed by atoms with Gasteiger partial charge in [-0.15, -0.1) is 0 Å². The van der Waals surface area contributed by atoms with Crippen LogP contribution in [0.25, 0.3) is 0 Å². The Kier molecular flexibility index (Phi) is 8.24. The van der Waals surface area contributed by atoms with Gasteiger partial charge in [-0.2, -0.15) is 13.2 Å². The lowest BCUT2D eigenvalue weighted by Crippen LogP contribution is -2.40. The van der Waals surface area contributed by atoms with Gasteiger partial charge in [0.15, 0.2) is 5.92 Å². The van der Waals surface area contributed by atoms with E-state index in [0.29, 0.717) is 0 Å². The van der Waals surface area contributed by atoms with Crippen molar-refractivity contribution in [2.45, 2.75) is 96.4 Å². The summed E-state index contributed by atoms with van der Waals surface area (Å²) in [6, 6.07) is 0. The fourth-order valence-corrected chi connectivity index (χ4v) is 4.25. The molecule has 0 aliphatic heterocycles. The van der Waals surface area contributed by atoms with E-state index in [1.54, 1.807) is 6.92 Å². The second kappa shape index (κ2) is 9.95. The van der Waals surface area contributed by atoms with Crippen LogP contribution in [0.1, 0.15) is 78.1 Å². The normalized spacial score (nSPS) is 24.0. The molecule has 3 unspecified atom stereocenters. The predicted molar refractivity (Wildman–Crippen MR) is 93.7 cm³/mol. The summed E-state index contributed by atoms with van der Waals surface area (Å²) in [5.74, 6) is -2.93. The minimum absolute atomic E-state index is 0.170. The summed E-state index contributed by atoms with van der Waals surface area (Å²) < 4.78 is 50.8. The van der Waals surface area contributed by atoms with Gasteiger partial charge >= 0.3 is 12.1 Å². The molecule has 0 aromatic rings. The van der Waals surface area contributed by atoms with E-state index in [-0.39, 0.29) is 17.9 Å². The van der Waals surface area contributed by atoms with E-state index in [4.69, 9.17) is 9.47 Å². The van der Waals surface area contributed by atoms with Gasteiger partial charge in [0.2, 0.25) is 0 Å². The SMILES string of the molecule is CC(OCC(C(=O)OC(C)C1CCCCC1)C(F)(F)F)C1CCCCC1. The number of ether oxygens (including phenoxy) is 2. The molecule has 0 N–H and O–H groups in total. The molecule has 0 aromatic carbocycles. The predicted octanol–water partition coefficient (Wildman–Crippen LogP) is 5.66. The number of carbonyl (C=O) groups is 1. The van der Waals surface area contributed by atoms with Gasteiger partial charge in [0.25, 0.3) is 0 Å². The highest BCUT2D eigenvalue weighted by Gasteiger charge is 2.47. The van der Waals surface area contributed by atoms with Gasteiger partial charge in [-0.05, 0) is 51.4 Å². The minimum atomic E-state index is -4.64. The maximum Gasteiger partial charge on any atom is 0.404 e. The Bertz CT molecular complexity index is 427. The first kappa shape index (κ1) is 21.5. The highest BCUT2D eigenvalue weighted by atomic mass is 19.4. The van der Waals surface area contributed by atoms with Gasteiger partial charge in [0.05, 0.1) is 12.7 Å². The van der Waals surface area contributed by atoms with Crippen LogP contribution in [0.15, 0.2) is 0 Å². The number of hydrogen-bond acceptors (Lipinski definition) is 3. The third-order valence-corrected chi connectivity index (χ3v) is 6.13. The summed E-state index contributed by atoms with van der Waals surface area (Å²) in [5.41, 5.74) is 0. The van der Waals surface area contributed by atoms with Gasteiger partial charge in [-0.25, -0.2) is 0 Å². The summed E-state index contributed by atoms with van der Waals surface area (Å²) >= 11 is 0. The smallest absolute Gasteiger partial charge is 0.404 e. The average Bonchev–Trinajstić information content (AvgIpc) is 2.62. The van der Waals surface area contributed by atoms with E-state index >= 15 is 0 Å². The Morgan fingerprint density at radius 3 is 1.81 bits per heavy atom. The van der Waals surface area contributed by atoms with Crippen LogP contribution >= 0.6 is 0 Å². The topological polar surface area (TPSA) is 35.5 Å². The molecule has 2 fully saturated rings. The van der Waals surface area contributed by atoms with Crippen LogP contribution in [0.2, 0.25) is 0 Å². The number of rotatable bonds is 7. The maximum atomic E-state index is 13.4. The molecule has 0 bridgehead atoms. The van der Waals surface area contributed by atoms with Crippen LogP contribution in [-0.4, -0.2) is 31.0 Å². The molecule has 0 amide bonds. The van der Waals surface area contributed by atoms with Crippen molar-refractivity contribution in [3.63, 3.8) is 0 Å². The van der Waals surface area contributed by atoms with E-state index in [1.165, 1.54) is 6.42 Å². The molecule has 2 saturated carbocycles. The van der Waals surface area contributed by atoms with E-state index < -0.39 is 30.8 Å². The molecule has 3 nitrogen and oxygen atoms in total. The van der Waals surface area contributed by atoms with Crippen molar-refractivity contribution in [2.24, 2.45) is 17.8 Å². The van der Waals surface area contributed by atoms with Crippen LogP contribution in [0.4, 0.5) is 13.2 Å². The third kappa shape index (κ3) is 6.43. The molecule has 0 spiro atoms. The summed E-state index contributed by atoms with van der Waals surface area (Å²) in [4.78, 5) is 12.2. The van der Waals surface area contributed by atoms with Crippen molar-refractivity contribution in [1.29, 1.82) is 0 Å². The monoisotopic (exact) mass is 378 g/mol. The fourth-order valence-electron chi connectivity index (χ4n) is 4.25. The van der Waals surface area contributed by atoms with Crippen LogP contribution in [0.3, 0.4) is 0 Å². The lowest BCUT2D eigenvalue weighted by molar-refractivity contribution is -0.214. The van der Waals surface area contributed by atoms with Crippen molar-refractivity contribution >= 4 is 5.97 Å². The zero-order chi connectivity index (χ0) is 19.2. The molecule has 152 valence electrons. The average molecular weight is 378 g/mol. The Balaban J connectivity index is 1.87. The molecule has 0 aromatic heterocycles. The standard InChI is InChI=1S/C20H33F3O3/c1-14(16-9-5-3-6-10-16)25-13-18(20(21,22)23)19(24)26-15(2)17-11-7-4-8-12-17/h14-18H,3-13H2,1-2H3. The van der Waals surface area contributed by atoms with E-state index in [9.17, 15) is 18.0 Å². The molecular weight excluding hydrogens is 345 g/mol. The lowest BCUT2D eigenvalue weighted by atomic mass is 9.85. The Morgan fingerprint density at radius 1 is 0.885 bits per heavy atom. The van der Waals surface area contributed by atoms with Gasteiger partial charge in [-0.3, -0.25) is 4.79 Å². The van der Waals surface area contributed by atoms with Crippen LogP contribution in [-0.2, 0) is 14.3 Å². The number of halogens is 3. The van der Waals surface area contributed by atoms with Crippen LogP contribution in [0, 0.1) is 17.8 Å². The highest BCUT2D eigenvalue weighted by molar-refractivity contribution is 5.73. The maximum absolute atomic E-state index is 13.4. The van der Waals surface area contributed by atoms with Crippen LogP contribution in [0.5, 0.6) is 0 Å². The molecule has 0 heterocycles. The number of esters is 1. The van der Waals surface area contributed by atoms with E-state index in [0.717, 1.165) is 57.8 Å². The summed E-state index contributed by atoms with van der Waals surface area (Å²) in [6.45, 7) is 2.89. The van der Waals surface area contributed by atoms with E-state index in [2.05, 4.69) is 0 Å². The van der Waals surface area contributed by atoms with Gasteiger partial charge in [0, 0.05) is 0 Å². The van der Waals surface area contributed by atoms with Crippen molar-refractivity contribution in [3.8, 4) is 0 Å². The summed E-state index contributed by atoms with van der Waals surface area (Å²) in [7, 11) is 0. The lowest BCUT2D eigenvalue weighted by Gasteiger charge is -2.31. The first-order valence-electron chi connectivity index (χ1n) is 10.2. The Labute approximate surface area is 155 Å². The third-order valence-electron chi connectivity index (χ3n) is 6.13. The van der Waals surface area contributed by atoms with Crippen molar-refractivity contribution in [3.05, 3.63) is 0 Å². The molecule has 0 saturated heterocycles. The molecular formula is C20H33F3O3. The van der Waals surface area contributed by atoms with E-state index in [1.807, 2.05) is 6.92 Å². The Hall–Kier alpha value is -0.780. The number of hydrogen-bond donors (Lipinski definition) is 0. The Morgan fingerprint density at radius 2 is 1.35 bits per heavy atom. The van der Waals surface area contributed by atoms with Crippen molar-refractivity contribution in [2.75, 3.05) is 6.61 Å². The molecule has 3 atom stereocenters. The second-order valence-corrected chi connectivity index (χ2v) is 8.07. The molecule has 0 radical (unpaired) electrons. The highest BCUT2D eigenvalue weighted by Crippen LogP contribution is 2.33. The van der Waals surface area contributed by atoms with Gasteiger partial charge < -0.3 is 9.47 Å². The molecule has 2 aliphatic rings. The van der Waals surface area contributed by atoms with Crippen molar-refractivity contribution < 1.29 is 27.4 Å². The summed E-state index contributed by atoms with van der Waals surface area (Å²) in [6.07, 6.45) is 5.07. The molecule has 2 aliphatic carbocycles. The molecule has 6 heteroatoms. The minimum Gasteiger partial charge on any atom is -0.462 e. The van der Waals surface area contributed by atoms with Gasteiger partial charge in [-0.1, -0.05) is 38.5 Å². The second-order valence-electron chi connectivity index (χ2n) is 8.07. The molecule has 26 heavy (non-hydrogen) atoms. The quantitative estimate of drug-likeness (QED) is 0.536. The number of alkyl halides is 3. The van der Waals surface area contributed by atoms with Crippen LogP contribution < -0.4 is 0 Å². The fraction of sp³-hybridized carbons (Fsp3) is 0.950. The summed E-state index contributed by atoms with van der Waals surface area (Å²) in [5, 5.41) is 0. The zero-order valence-electron chi connectivity index (χ0n) is 16.0. The van der Waals surface area contributed by atoms with Gasteiger partial charge in [0.1, 0.15) is 6.10 Å². The first-order chi connectivity index (χ1) is 12.3. The van der Waals surface area contributed by atoms with Crippen molar-refractivity contribution in [1.82, 2.24) is 0 Å². The molecule has 2 rings (SSSR count). The number of carbonyl (C=O) groups excluding carboxylic acids is 1.